The van der Waals surface area contributed by atoms with Crippen LogP contribution in [0, 0.1) is 6.92 Å². The molecule has 1 aliphatic rings. The first-order valence-corrected chi connectivity index (χ1v) is 9.01. The summed E-state index contributed by atoms with van der Waals surface area (Å²) in [6.07, 6.45) is 2.28. The maximum Gasteiger partial charge on any atom is 0.349 e. The van der Waals surface area contributed by atoms with Gasteiger partial charge in [-0.2, -0.15) is 0 Å². The summed E-state index contributed by atoms with van der Waals surface area (Å²) in [4.78, 5) is 35.8. The van der Waals surface area contributed by atoms with Crippen molar-refractivity contribution in [2.75, 3.05) is 18.0 Å². The van der Waals surface area contributed by atoms with E-state index >= 15 is 0 Å². The lowest BCUT2D eigenvalue weighted by Crippen LogP contribution is -2.29. The van der Waals surface area contributed by atoms with Crippen molar-refractivity contribution in [3.8, 4) is 0 Å². The minimum Gasteiger partial charge on any atom is -0.422 e. The molecule has 0 spiro atoms. The van der Waals surface area contributed by atoms with Crippen LogP contribution in [0.1, 0.15) is 34.6 Å². The first kappa shape index (κ1) is 17.2. The summed E-state index contributed by atoms with van der Waals surface area (Å²) in [6.45, 7) is 4.03. The van der Waals surface area contributed by atoms with Crippen molar-refractivity contribution in [2.24, 2.45) is 0 Å². The van der Waals surface area contributed by atoms with Crippen LogP contribution in [0.15, 0.2) is 45.6 Å². The van der Waals surface area contributed by atoms with Crippen LogP contribution in [0.4, 0.5) is 5.95 Å². The maximum atomic E-state index is 12.5. The number of anilines is 1. The maximum absolute atomic E-state index is 12.5. The average Bonchev–Trinajstić information content (AvgIpc) is 3.20. The van der Waals surface area contributed by atoms with Gasteiger partial charge in [-0.1, -0.05) is 18.2 Å². The second-order valence-electron chi connectivity index (χ2n) is 6.66. The molecule has 3 aromatic rings. The number of hydrogen-bond donors (Lipinski definition) is 1. The van der Waals surface area contributed by atoms with E-state index in [1.165, 1.54) is 0 Å². The van der Waals surface area contributed by atoms with Crippen LogP contribution in [0.3, 0.4) is 0 Å². The minimum atomic E-state index is -0.650. The molecule has 1 saturated heterocycles. The fraction of sp³-hybridized carbons (Fsp3) is 0.300. The number of fused-ring (bicyclic) bond motifs is 1. The minimum absolute atomic E-state index is 0.0146. The number of aryl methyl sites for hydroxylation is 1. The fourth-order valence-corrected chi connectivity index (χ4v) is 3.25. The molecule has 1 aromatic carbocycles. The normalized spacial score (nSPS) is 13.9. The molecular weight excluding hydrogens is 344 g/mol. The standard InChI is InChI=1S/C20H20N4O3/c1-13-10-15(23-20(22-13)24-8-4-5-9-24)12-21-18(25)16-11-14-6-2-3-7-17(14)27-19(16)26/h2-3,6-7,10-11H,4-5,8-9,12H2,1H3,(H,21,25). The fourth-order valence-electron chi connectivity index (χ4n) is 3.25. The molecule has 4 rings (SSSR count). The number of nitrogens with zero attached hydrogens (tertiary/aromatic N) is 3. The molecule has 1 fully saturated rings. The highest BCUT2D eigenvalue weighted by atomic mass is 16.4. The zero-order valence-corrected chi connectivity index (χ0v) is 15.1. The Labute approximate surface area is 156 Å². The predicted molar refractivity (Wildman–Crippen MR) is 102 cm³/mol. The van der Waals surface area contributed by atoms with Crippen molar-refractivity contribution in [3.63, 3.8) is 0 Å². The zero-order valence-electron chi connectivity index (χ0n) is 15.1. The van der Waals surface area contributed by atoms with Gasteiger partial charge in [-0.25, -0.2) is 14.8 Å². The quantitative estimate of drug-likeness (QED) is 0.715. The highest BCUT2D eigenvalue weighted by Crippen LogP contribution is 2.17. The number of amides is 1. The second-order valence-corrected chi connectivity index (χ2v) is 6.66. The van der Waals surface area contributed by atoms with Crippen molar-refractivity contribution in [3.05, 3.63) is 63.8 Å². The lowest BCUT2D eigenvalue weighted by atomic mass is 10.2. The summed E-state index contributed by atoms with van der Waals surface area (Å²) in [5.41, 5.74) is 1.35. The van der Waals surface area contributed by atoms with E-state index in [9.17, 15) is 9.59 Å². The third-order valence-electron chi connectivity index (χ3n) is 4.60. The molecule has 0 unspecified atom stereocenters. The number of carbonyl (C=O) groups excluding carboxylic acids is 1. The summed E-state index contributed by atoms with van der Waals surface area (Å²) < 4.78 is 5.22. The number of benzene rings is 1. The second kappa shape index (κ2) is 7.19. The zero-order chi connectivity index (χ0) is 18.8. The Morgan fingerprint density at radius 3 is 2.78 bits per heavy atom. The molecule has 7 heteroatoms. The Bertz CT molecular complexity index is 1050. The van der Waals surface area contributed by atoms with E-state index in [1.807, 2.05) is 19.1 Å². The third kappa shape index (κ3) is 3.67. The lowest BCUT2D eigenvalue weighted by molar-refractivity contribution is 0.0947. The number of nitrogens with one attached hydrogen (secondary N) is 1. The summed E-state index contributed by atoms with van der Waals surface area (Å²) in [6, 6.07) is 10.5. The van der Waals surface area contributed by atoms with E-state index in [-0.39, 0.29) is 12.1 Å². The first-order valence-electron chi connectivity index (χ1n) is 9.01. The molecular formula is C20H20N4O3. The van der Waals surface area contributed by atoms with Gasteiger partial charge < -0.3 is 14.6 Å². The van der Waals surface area contributed by atoms with E-state index in [2.05, 4.69) is 20.2 Å². The SMILES string of the molecule is Cc1cc(CNC(=O)c2cc3ccccc3oc2=O)nc(N2CCCC2)n1. The van der Waals surface area contributed by atoms with Crippen LogP contribution >= 0.6 is 0 Å². The summed E-state index contributed by atoms with van der Waals surface area (Å²) in [7, 11) is 0. The summed E-state index contributed by atoms with van der Waals surface area (Å²) in [5.74, 6) is 0.218. The van der Waals surface area contributed by atoms with E-state index in [4.69, 9.17) is 4.42 Å². The van der Waals surface area contributed by atoms with E-state index in [0.717, 1.165) is 31.6 Å². The molecule has 0 atom stereocenters. The van der Waals surface area contributed by atoms with Gasteiger partial charge in [0.15, 0.2) is 0 Å². The molecule has 1 N–H and O–H groups in total. The molecule has 27 heavy (non-hydrogen) atoms. The molecule has 138 valence electrons. The van der Waals surface area contributed by atoms with Crippen molar-refractivity contribution < 1.29 is 9.21 Å². The van der Waals surface area contributed by atoms with Crippen molar-refractivity contribution in [1.82, 2.24) is 15.3 Å². The van der Waals surface area contributed by atoms with Crippen molar-refractivity contribution in [2.45, 2.75) is 26.3 Å². The smallest absolute Gasteiger partial charge is 0.349 e. The van der Waals surface area contributed by atoms with Crippen LogP contribution in [0.25, 0.3) is 11.0 Å². The Morgan fingerprint density at radius 1 is 1.19 bits per heavy atom. The summed E-state index contributed by atoms with van der Waals surface area (Å²) in [5, 5.41) is 3.46. The van der Waals surface area contributed by atoms with Crippen molar-refractivity contribution in [1.29, 1.82) is 0 Å². The Kier molecular flexibility index (Phi) is 4.58. The van der Waals surface area contributed by atoms with Crippen LogP contribution in [0.5, 0.6) is 0 Å². The lowest BCUT2D eigenvalue weighted by Gasteiger charge is -2.16. The van der Waals surface area contributed by atoms with Crippen molar-refractivity contribution >= 4 is 22.8 Å². The topological polar surface area (TPSA) is 88.3 Å². The van der Waals surface area contributed by atoms with Gasteiger partial charge in [0.05, 0.1) is 12.2 Å². The number of aromatic nitrogens is 2. The van der Waals surface area contributed by atoms with Gasteiger partial charge in [0.25, 0.3) is 5.91 Å². The van der Waals surface area contributed by atoms with Crippen LogP contribution in [-0.4, -0.2) is 29.0 Å². The Morgan fingerprint density at radius 2 is 1.96 bits per heavy atom. The summed E-state index contributed by atoms with van der Waals surface area (Å²) >= 11 is 0. The van der Waals surface area contributed by atoms with Gasteiger partial charge in [0.2, 0.25) is 5.95 Å². The monoisotopic (exact) mass is 364 g/mol. The molecule has 1 aliphatic heterocycles. The third-order valence-corrected chi connectivity index (χ3v) is 4.60. The first-order chi connectivity index (χ1) is 13.1. The molecule has 1 amide bonds. The molecule has 0 aliphatic carbocycles. The molecule has 7 nitrogen and oxygen atoms in total. The van der Waals surface area contributed by atoms with Crippen LogP contribution < -0.4 is 15.8 Å². The predicted octanol–water partition coefficient (Wildman–Crippen LogP) is 2.42. The van der Waals surface area contributed by atoms with E-state index < -0.39 is 11.5 Å². The number of para-hydroxylation sites is 1. The van der Waals surface area contributed by atoms with Gasteiger partial charge >= 0.3 is 5.63 Å². The van der Waals surface area contributed by atoms with Gasteiger partial charge in [0, 0.05) is 24.2 Å². The van der Waals surface area contributed by atoms with Gasteiger partial charge in [-0.15, -0.1) is 0 Å². The largest absolute Gasteiger partial charge is 0.422 e. The molecule has 2 aromatic heterocycles. The molecule has 0 saturated carbocycles. The highest BCUT2D eigenvalue weighted by molar-refractivity contribution is 5.96. The van der Waals surface area contributed by atoms with Gasteiger partial charge in [0.1, 0.15) is 11.1 Å². The molecule has 3 heterocycles. The number of carbonyl (C=O) groups is 1. The number of hydrogen-bond acceptors (Lipinski definition) is 6. The Balaban J connectivity index is 1.52. The van der Waals surface area contributed by atoms with Crippen LogP contribution in [0.2, 0.25) is 0 Å². The number of rotatable bonds is 4. The molecule has 0 radical (unpaired) electrons. The van der Waals surface area contributed by atoms with E-state index in [0.29, 0.717) is 22.6 Å². The molecule has 0 bridgehead atoms. The Hall–Kier alpha value is -3.22. The average molecular weight is 364 g/mol. The van der Waals surface area contributed by atoms with Crippen LogP contribution in [-0.2, 0) is 6.54 Å². The highest BCUT2D eigenvalue weighted by Gasteiger charge is 2.17. The van der Waals surface area contributed by atoms with Gasteiger partial charge in [-0.3, -0.25) is 4.79 Å². The van der Waals surface area contributed by atoms with E-state index in [1.54, 1.807) is 24.3 Å². The van der Waals surface area contributed by atoms with Gasteiger partial charge in [-0.05, 0) is 38.0 Å².